The molecule has 0 atom stereocenters. The van der Waals surface area contributed by atoms with Gasteiger partial charge >= 0.3 is 5.97 Å². The number of ether oxygens (including phenoxy) is 1. The Morgan fingerprint density at radius 2 is 1.89 bits per heavy atom. The van der Waals surface area contributed by atoms with Crippen molar-refractivity contribution in [1.82, 2.24) is 15.2 Å². The minimum Gasteiger partial charge on any atom is -0.460 e. The summed E-state index contributed by atoms with van der Waals surface area (Å²) in [5.74, 6) is 0.453. The predicted octanol–water partition coefficient (Wildman–Crippen LogP) is 2.88. The molecule has 0 unspecified atom stereocenters. The van der Waals surface area contributed by atoms with E-state index >= 15 is 0 Å². The van der Waals surface area contributed by atoms with Crippen LogP contribution in [0.4, 0.5) is 0 Å². The Balaban J connectivity index is 2.21. The van der Waals surface area contributed by atoms with Crippen molar-refractivity contribution in [2.24, 2.45) is 0 Å². The summed E-state index contributed by atoms with van der Waals surface area (Å²) in [4.78, 5) is 15.5. The molecule has 0 aliphatic carbocycles. The highest BCUT2D eigenvalue weighted by Gasteiger charge is 2.12. The van der Waals surface area contributed by atoms with Gasteiger partial charge in [-0.15, -0.1) is 5.10 Å². The van der Waals surface area contributed by atoms with Gasteiger partial charge in [-0.25, -0.2) is 9.78 Å². The SMILES string of the molecule is CCCCCCCCc1nc(C(=O)OCC)n[nH]1. The number of carbonyl (C=O) groups excluding carboxylic acids is 1. The standard InChI is InChI=1S/C13H23N3O2/c1-3-5-6-7-8-9-10-11-14-12(16-15-11)13(17)18-4-2/h3-10H2,1-2H3,(H,14,15,16). The summed E-state index contributed by atoms with van der Waals surface area (Å²) in [5, 5.41) is 6.64. The number of nitrogens with zero attached hydrogens (tertiary/aromatic N) is 2. The minimum absolute atomic E-state index is 0.137. The zero-order valence-corrected chi connectivity index (χ0v) is 11.4. The molecule has 0 saturated heterocycles. The molecule has 0 aliphatic heterocycles. The lowest BCUT2D eigenvalue weighted by atomic mass is 10.1. The highest BCUT2D eigenvalue weighted by atomic mass is 16.5. The van der Waals surface area contributed by atoms with Crippen molar-refractivity contribution in [3.8, 4) is 0 Å². The summed E-state index contributed by atoms with van der Waals surface area (Å²) in [7, 11) is 0. The van der Waals surface area contributed by atoms with Gasteiger partial charge in [0.2, 0.25) is 0 Å². The third kappa shape index (κ3) is 5.29. The van der Waals surface area contributed by atoms with E-state index in [1.54, 1.807) is 6.92 Å². The zero-order valence-electron chi connectivity index (χ0n) is 11.4. The number of esters is 1. The highest BCUT2D eigenvalue weighted by Crippen LogP contribution is 2.07. The van der Waals surface area contributed by atoms with E-state index in [2.05, 4.69) is 22.1 Å². The number of rotatable bonds is 9. The average Bonchev–Trinajstić information content (AvgIpc) is 2.83. The molecule has 0 aliphatic rings. The van der Waals surface area contributed by atoms with Gasteiger partial charge in [0, 0.05) is 6.42 Å². The van der Waals surface area contributed by atoms with E-state index < -0.39 is 5.97 Å². The van der Waals surface area contributed by atoms with Crippen LogP contribution >= 0.6 is 0 Å². The Morgan fingerprint density at radius 1 is 1.17 bits per heavy atom. The number of unbranched alkanes of at least 4 members (excludes halogenated alkanes) is 5. The largest absolute Gasteiger partial charge is 0.460 e. The summed E-state index contributed by atoms with van der Waals surface area (Å²) < 4.78 is 4.83. The predicted molar refractivity (Wildman–Crippen MR) is 69.4 cm³/mol. The number of aryl methyl sites for hydroxylation is 1. The van der Waals surface area contributed by atoms with E-state index in [-0.39, 0.29) is 5.82 Å². The maximum atomic E-state index is 11.3. The van der Waals surface area contributed by atoms with E-state index in [0.29, 0.717) is 6.61 Å². The summed E-state index contributed by atoms with van der Waals surface area (Å²) >= 11 is 0. The number of H-pyrrole nitrogens is 1. The summed E-state index contributed by atoms with van der Waals surface area (Å²) in [6, 6.07) is 0. The van der Waals surface area contributed by atoms with E-state index in [9.17, 15) is 4.79 Å². The summed E-state index contributed by atoms with van der Waals surface area (Å²) in [5.41, 5.74) is 0. The summed E-state index contributed by atoms with van der Waals surface area (Å²) in [6.07, 6.45) is 8.29. The topological polar surface area (TPSA) is 67.9 Å². The quantitative estimate of drug-likeness (QED) is 0.542. The van der Waals surface area contributed by atoms with Gasteiger partial charge in [-0.1, -0.05) is 39.0 Å². The number of hydrogen-bond donors (Lipinski definition) is 1. The van der Waals surface area contributed by atoms with E-state index in [1.165, 1.54) is 32.1 Å². The van der Waals surface area contributed by atoms with E-state index in [1.807, 2.05) is 0 Å². The monoisotopic (exact) mass is 253 g/mol. The number of carbonyl (C=O) groups is 1. The molecule has 18 heavy (non-hydrogen) atoms. The van der Waals surface area contributed by atoms with Gasteiger partial charge in [0.25, 0.3) is 5.82 Å². The molecule has 1 N–H and O–H groups in total. The van der Waals surface area contributed by atoms with Gasteiger partial charge in [-0.3, -0.25) is 5.10 Å². The molecule has 0 radical (unpaired) electrons. The molecule has 0 spiro atoms. The van der Waals surface area contributed by atoms with Crippen LogP contribution in [0.5, 0.6) is 0 Å². The van der Waals surface area contributed by atoms with Gasteiger partial charge in [-0.05, 0) is 13.3 Å². The Kier molecular flexibility index (Phi) is 7.06. The minimum atomic E-state index is -0.456. The average molecular weight is 253 g/mol. The number of aromatic amines is 1. The molecule has 0 saturated carbocycles. The Labute approximate surface area is 108 Å². The summed E-state index contributed by atoms with van der Waals surface area (Å²) in [6.45, 7) is 4.33. The fraction of sp³-hybridized carbons (Fsp3) is 0.769. The first-order chi connectivity index (χ1) is 8.77. The fourth-order valence-corrected chi connectivity index (χ4v) is 1.77. The van der Waals surface area contributed by atoms with Crippen LogP contribution in [0.2, 0.25) is 0 Å². The third-order valence-electron chi connectivity index (χ3n) is 2.76. The first-order valence-electron chi connectivity index (χ1n) is 6.86. The van der Waals surface area contributed by atoms with Crippen molar-refractivity contribution < 1.29 is 9.53 Å². The Bertz CT molecular complexity index is 350. The molecular weight excluding hydrogens is 230 g/mol. The first-order valence-corrected chi connectivity index (χ1v) is 6.86. The Morgan fingerprint density at radius 3 is 2.61 bits per heavy atom. The van der Waals surface area contributed by atoms with E-state index in [0.717, 1.165) is 18.7 Å². The molecule has 1 aromatic heterocycles. The van der Waals surface area contributed by atoms with Crippen LogP contribution in [0, 0.1) is 0 Å². The molecular formula is C13H23N3O2. The van der Waals surface area contributed by atoms with Gasteiger partial charge in [0.1, 0.15) is 5.82 Å². The van der Waals surface area contributed by atoms with Crippen molar-refractivity contribution >= 4 is 5.97 Å². The van der Waals surface area contributed by atoms with Crippen LogP contribution in [0.1, 0.15) is 68.8 Å². The second-order valence-corrected chi connectivity index (χ2v) is 4.34. The van der Waals surface area contributed by atoms with Crippen LogP contribution < -0.4 is 0 Å². The smallest absolute Gasteiger partial charge is 0.378 e. The Hall–Kier alpha value is -1.39. The third-order valence-corrected chi connectivity index (χ3v) is 2.76. The van der Waals surface area contributed by atoms with Crippen LogP contribution in [-0.2, 0) is 11.2 Å². The zero-order chi connectivity index (χ0) is 13.2. The highest BCUT2D eigenvalue weighted by molar-refractivity contribution is 5.84. The molecule has 1 aromatic rings. The molecule has 0 aromatic carbocycles. The first kappa shape index (κ1) is 14.7. The van der Waals surface area contributed by atoms with Gasteiger partial charge in [0.15, 0.2) is 0 Å². The van der Waals surface area contributed by atoms with Crippen molar-refractivity contribution in [2.45, 2.75) is 58.8 Å². The number of nitrogens with one attached hydrogen (secondary N) is 1. The molecule has 0 amide bonds. The molecule has 102 valence electrons. The van der Waals surface area contributed by atoms with Crippen molar-refractivity contribution in [1.29, 1.82) is 0 Å². The van der Waals surface area contributed by atoms with Crippen LogP contribution in [-0.4, -0.2) is 27.8 Å². The normalized spacial score (nSPS) is 10.6. The lowest BCUT2D eigenvalue weighted by molar-refractivity contribution is 0.0512. The van der Waals surface area contributed by atoms with Crippen LogP contribution in [0.15, 0.2) is 0 Å². The maximum absolute atomic E-state index is 11.3. The lowest BCUT2D eigenvalue weighted by Gasteiger charge is -1.98. The van der Waals surface area contributed by atoms with Crippen molar-refractivity contribution in [2.75, 3.05) is 6.61 Å². The van der Waals surface area contributed by atoms with Crippen LogP contribution in [0.25, 0.3) is 0 Å². The second-order valence-electron chi connectivity index (χ2n) is 4.34. The fourth-order valence-electron chi connectivity index (χ4n) is 1.77. The number of hydrogen-bond acceptors (Lipinski definition) is 4. The van der Waals surface area contributed by atoms with Crippen LogP contribution in [0.3, 0.4) is 0 Å². The molecule has 1 rings (SSSR count). The van der Waals surface area contributed by atoms with Crippen molar-refractivity contribution in [3.63, 3.8) is 0 Å². The number of aromatic nitrogens is 3. The molecule has 5 nitrogen and oxygen atoms in total. The molecule has 0 fully saturated rings. The maximum Gasteiger partial charge on any atom is 0.378 e. The molecule has 0 bridgehead atoms. The van der Waals surface area contributed by atoms with E-state index in [4.69, 9.17) is 4.74 Å². The second kappa shape index (κ2) is 8.66. The van der Waals surface area contributed by atoms with Crippen molar-refractivity contribution in [3.05, 3.63) is 11.6 Å². The van der Waals surface area contributed by atoms with Gasteiger partial charge in [0.05, 0.1) is 6.61 Å². The lowest BCUT2D eigenvalue weighted by Crippen LogP contribution is -2.06. The molecule has 5 heteroatoms. The van der Waals surface area contributed by atoms with Gasteiger partial charge < -0.3 is 4.74 Å². The van der Waals surface area contributed by atoms with Gasteiger partial charge in [-0.2, -0.15) is 0 Å². The molecule has 1 heterocycles.